The van der Waals surface area contributed by atoms with E-state index in [0.717, 1.165) is 66.6 Å². The van der Waals surface area contributed by atoms with E-state index in [0.29, 0.717) is 17.5 Å². The summed E-state index contributed by atoms with van der Waals surface area (Å²) in [5.74, 6) is 1.78. The lowest BCUT2D eigenvalue weighted by Gasteiger charge is -2.12. The summed E-state index contributed by atoms with van der Waals surface area (Å²) in [7, 11) is 0. The topological polar surface area (TPSA) is 56.7 Å². The Morgan fingerprint density at radius 3 is 1.43 bits per heavy atom. The fraction of sp³-hybridized carbons (Fsp3) is 0. The summed E-state index contributed by atoms with van der Waals surface area (Å²) in [5.41, 5.74) is 12.2. The quantitative estimate of drug-likeness (QED) is 0.172. The van der Waals surface area contributed by atoms with Crippen LogP contribution in [0, 0.1) is 0 Å². The van der Waals surface area contributed by atoms with Gasteiger partial charge in [-0.1, -0.05) is 140 Å². The predicted octanol–water partition coefficient (Wildman–Crippen LogP) is 13.2. The van der Waals surface area contributed by atoms with E-state index in [-0.39, 0.29) is 0 Å². The number of hydrogen-bond donors (Lipinski definition) is 0. The van der Waals surface area contributed by atoms with Crippen molar-refractivity contribution in [3.63, 3.8) is 0 Å². The molecule has 0 N–H and O–H groups in total. The Balaban J connectivity index is 1.05. The van der Waals surface area contributed by atoms with Crippen molar-refractivity contribution in [2.75, 3.05) is 0 Å². The van der Waals surface area contributed by atoms with Gasteiger partial charge in [0.1, 0.15) is 11.2 Å². The molecule has 0 aliphatic rings. The van der Waals surface area contributed by atoms with Crippen LogP contribution in [0.3, 0.4) is 0 Å². The van der Waals surface area contributed by atoms with E-state index in [1.165, 1.54) is 21.8 Å². The van der Waals surface area contributed by atoms with Crippen LogP contribution in [0.25, 0.3) is 106 Å². The molecule has 3 heterocycles. The van der Waals surface area contributed by atoms with Gasteiger partial charge in [0, 0.05) is 43.9 Å². The molecule has 0 saturated carbocycles. The molecule has 0 fully saturated rings. The normalized spacial score (nSPS) is 11.6. The second-order valence-corrected chi connectivity index (χ2v) is 14.1. The first-order chi connectivity index (χ1) is 27.7. The minimum Gasteiger partial charge on any atom is -0.456 e. The van der Waals surface area contributed by atoms with Crippen LogP contribution in [0.4, 0.5) is 0 Å². The van der Waals surface area contributed by atoms with Gasteiger partial charge >= 0.3 is 0 Å². The Hall–Kier alpha value is -7.63. The van der Waals surface area contributed by atoms with Gasteiger partial charge in [0.2, 0.25) is 0 Å². The summed E-state index contributed by atoms with van der Waals surface area (Å²) in [4.78, 5) is 15.4. The van der Waals surface area contributed by atoms with Crippen LogP contribution in [-0.2, 0) is 0 Å². The van der Waals surface area contributed by atoms with Crippen molar-refractivity contribution in [3.8, 4) is 62.1 Å². The third kappa shape index (κ3) is 5.45. The van der Waals surface area contributed by atoms with Crippen LogP contribution in [0.5, 0.6) is 0 Å². The smallest absolute Gasteiger partial charge is 0.164 e. The van der Waals surface area contributed by atoms with E-state index < -0.39 is 0 Å². The highest BCUT2D eigenvalue weighted by molar-refractivity contribution is 6.09. The first kappa shape index (κ1) is 31.9. The van der Waals surface area contributed by atoms with Crippen LogP contribution in [0.2, 0.25) is 0 Å². The maximum absolute atomic E-state index is 6.28. The van der Waals surface area contributed by atoms with Crippen LogP contribution >= 0.6 is 0 Å². The number of nitrogens with zero attached hydrogens (tertiary/aromatic N) is 4. The molecule has 0 bridgehead atoms. The molecule has 11 aromatic rings. The highest BCUT2D eigenvalue weighted by atomic mass is 16.3. The minimum atomic E-state index is 0.580. The molecule has 0 spiro atoms. The predicted molar refractivity (Wildman–Crippen MR) is 229 cm³/mol. The van der Waals surface area contributed by atoms with Gasteiger partial charge in [0.15, 0.2) is 17.5 Å². The third-order valence-electron chi connectivity index (χ3n) is 10.6. The van der Waals surface area contributed by atoms with E-state index in [9.17, 15) is 0 Å². The van der Waals surface area contributed by atoms with Gasteiger partial charge < -0.3 is 8.98 Å². The third-order valence-corrected chi connectivity index (χ3v) is 10.6. The monoisotopic (exact) mass is 716 g/mol. The zero-order valence-corrected chi connectivity index (χ0v) is 30.2. The van der Waals surface area contributed by atoms with E-state index >= 15 is 0 Å². The number of fused-ring (bicyclic) bond motifs is 6. The number of para-hydroxylation sites is 3. The Morgan fingerprint density at radius 1 is 0.304 bits per heavy atom. The molecule has 0 unspecified atom stereocenters. The second-order valence-electron chi connectivity index (χ2n) is 14.1. The van der Waals surface area contributed by atoms with Crippen LogP contribution in [0.15, 0.2) is 199 Å². The summed E-state index contributed by atoms with van der Waals surface area (Å²) in [6.45, 7) is 0. The molecule has 0 aliphatic heterocycles. The van der Waals surface area contributed by atoms with Crippen molar-refractivity contribution in [1.82, 2.24) is 19.5 Å². The SMILES string of the molecule is c1ccc(-c2cccc(-c3nc(-c4cccc(-c5cccc(-n6c7ccccc7c7ccccc76)c5)c4)nc(-c4ccc5c(c4)oc4ccccc45)n3)c2)cc1. The van der Waals surface area contributed by atoms with Crippen molar-refractivity contribution in [2.45, 2.75) is 0 Å². The van der Waals surface area contributed by atoms with Gasteiger partial charge in [-0.2, -0.15) is 0 Å². The standard InChI is InChI=1S/C51H32N4O/c1-2-13-33(14-3-1)34-15-10-18-37(29-34)49-52-50(54-51(53-49)39-27-28-44-43-23-6-9-26-47(43)56-48(44)32-39)38-19-11-16-35(30-38)36-17-12-20-40(31-36)55-45-24-7-4-21-41(45)42-22-5-8-25-46(42)55/h1-32H. The number of hydrogen-bond acceptors (Lipinski definition) is 4. The molecule has 3 aromatic heterocycles. The molecule has 56 heavy (non-hydrogen) atoms. The molecule has 0 amide bonds. The van der Waals surface area contributed by atoms with E-state index in [4.69, 9.17) is 19.4 Å². The molecule has 5 heteroatoms. The largest absolute Gasteiger partial charge is 0.456 e. The van der Waals surface area contributed by atoms with Crippen molar-refractivity contribution < 1.29 is 4.42 Å². The summed E-state index contributed by atoms with van der Waals surface area (Å²) in [6, 6.07) is 67.5. The molecule has 5 nitrogen and oxygen atoms in total. The number of benzene rings is 8. The number of aromatic nitrogens is 4. The van der Waals surface area contributed by atoms with Gasteiger partial charge in [0.05, 0.1) is 11.0 Å². The first-order valence-corrected chi connectivity index (χ1v) is 18.8. The van der Waals surface area contributed by atoms with Crippen molar-refractivity contribution in [1.29, 1.82) is 0 Å². The first-order valence-electron chi connectivity index (χ1n) is 18.8. The number of rotatable bonds is 6. The summed E-state index contributed by atoms with van der Waals surface area (Å²) < 4.78 is 8.64. The average molecular weight is 717 g/mol. The molecule has 11 rings (SSSR count). The van der Waals surface area contributed by atoms with Crippen molar-refractivity contribution in [2.24, 2.45) is 0 Å². The van der Waals surface area contributed by atoms with Crippen LogP contribution in [0.1, 0.15) is 0 Å². The maximum Gasteiger partial charge on any atom is 0.164 e. The molecule has 0 atom stereocenters. The molecular weight excluding hydrogens is 685 g/mol. The average Bonchev–Trinajstić information content (AvgIpc) is 3.82. The number of furan rings is 1. The zero-order valence-electron chi connectivity index (χ0n) is 30.2. The van der Waals surface area contributed by atoms with E-state index in [1.807, 2.05) is 30.3 Å². The highest BCUT2D eigenvalue weighted by Crippen LogP contribution is 2.36. The molecule has 262 valence electrons. The van der Waals surface area contributed by atoms with E-state index in [2.05, 4.69) is 168 Å². The van der Waals surface area contributed by atoms with Crippen molar-refractivity contribution >= 4 is 43.7 Å². The second kappa shape index (κ2) is 13.0. The molecule has 0 saturated heterocycles. The minimum absolute atomic E-state index is 0.580. The van der Waals surface area contributed by atoms with Gasteiger partial charge in [0.25, 0.3) is 0 Å². The van der Waals surface area contributed by atoms with Gasteiger partial charge in [-0.25, -0.2) is 15.0 Å². The molecule has 0 radical (unpaired) electrons. The summed E-state index contributed by atoms with van der Waals surface area (Å²) in [6.07, 6.45) is 0. The van der Waals surface area contributed by atoms with Crippen LogP contribution < -0.4 is 0 Å². The lowest BCUT2D eigenvalue weighted by Crippen LogP contribution is -2.00. The fourth-order valence-electron chi connectivity index (χ4n) is 7.96. The maximum atomic E-state index is 6.28. The zero-order chi connectivity index (χ0) is 37.0. The van der Waals surface area contributed by atoms with Crippen LogP contribution in [-0.4, -0.2) is 19.5 Å². The Morgan fingerprint density at radius 2 is 0.768 bits per heavy atom. The van der Waals surface area contributed by atoms with Gasteiger partial charge in [-0.15, -0.1) is 0 Å². The van der Waals surface area contributed by atoms with Gasteiger partial charge in [-0.05, 0) is 76.9 Å². The lowest BCUT2D eigenvalue weighted by atomic mass is 10.0. The molecule has 8 aromatic carbocycles. The Bertz CT molecular complexity index is 3210. The van der Waals surface area contributed by atoms with Crippen molar-refractivity contribution in [3.05, 3.63) is 194 Å². The Kier molecular flexibility index (Phi) is 7.42. The molecular formula is C51H32N4O. The Labute approximate surface area is 322 Å². The highest BCUT2D eigenvalue weighted by Gasteiger charge is 2.17. The summed E-state index contributed by atoms with van der Waals surface area (Å²) >= 11 is 0. The fourth-order valence-corrected chi connectivity index (χ4v) is 7.96. The lowest BCUT2D eigenvalue weighted by molar-refractivity contribution is 0.669. The molecule has 0 aliphatic carbocycles. The summed E-state index contributed by atoms with van der Waals surface area (Å²) in [5, 5.41) is 4.63. The van der Waals surface area contributed by atoms with E-state index in [1.54, 1.807) is 0 Å². The van der Waals surface area contributed by atoms with Gasteiger partial charge in [-0.3, -0.25) is 0 Å².